The fourth-order valence-corrected chi connectivity index (χ4v) is 6.66. The van der Waals surface area contributed by atoms with Crippen molar-refractivity contribution in [2.45, 2.75) is 0 Å². The number of hydrogen-bond donors (Lipinski definition) is 0. The highest BCUT2D eigenvalue weighted by Gasteiger charge is 2.20. The van der Waals surface area contributed by atoms with Crippen molar-refractivity contribution in [2.24, 2.45) is 0 Å². The maximum atomic E-state index is 9.45. The van der Waals surface area contributed by atoms with Crippen LogP contribution in [0.25, 0.3) is 66.1 Å². The van der Waals surface area contributed by atoms with Crippen molar-refractivity contribution < 1.29 is 9.90 Å². The van der Waals surface area contributed by atoms with Gasteiger partial charge >= 0.3 is 0 Å². The molecule has 0 spiro atoms. The number of anilines is 3. The Morgan fingerprint density at radius 1 is 0.417 bits per heavy atom. The minimum atomic E-state index is -0.125. The number of rotatable bonds is 6. The van der Waals surface area contributed by atoms with Gasteiger partial charge in [0.05, 0.1) is 11.2 Å². The molecular weight excluding hydrogens is 583 g/mol. The molecule has 0 bridgehead atoms. The van der Waals surface area contributed by atoms with E-state index < -0.39 is 0 Å². The third-order valence-electron chi connectivity index (χ3n) is 8.95. The maximum absolute atomic E-state index is 9.45. The van der Waals surface area contributed by atoms with Crippen molar-refractivity contribution in [1.82, 2.24) is 0 Å². The molecule has 0 saturated carbocycles. The van der Waals surface area contributed by atoms with E-state index in [1.807, 2.05) is 138 Å². The minimum absolute atomic E-state index is 0.100. The van der Waals surface area contributed by atoms with Gasteiger partial charge in [0.25, 0.3) is 0 Å². The van der Waals surface area contributed by atoms with Crippen LogP contribution in [0.5, 0.6) is 0 Å². The summed E-state index contributed by atoms with van der Waals surface area (Å²) in [6.45, 7) is 0. The van der Waals surface area contributed by atoms with Crippen molar-refractivity contribution in [2.75, 3.05) is 4.90 Å². The summed E-state index contributed by atoms with van der Waals surface area (Å²) < 4.78 is 44.0. The van der Waals surface area contributed by atoms with Crippen LogP contribution in [0.15, 0.2) is 192 Å². The van der Waals surface area contributed by atoms with E-state index in [0.717, 1.165) is 60.7 Å². The normalized spacial score (nSPS) is 12.5. The molecule has 0 saturated heterocycles. The Kier molecular flexibility index (Phi) is 5.85. The summed E-state index contributed by atoms with van der Waals surface area (Å²) in [5.41, 5.74) is 7.96. The number of fused-ring (bicyclic) bond motifs is 5. The Hall–Kier alpha value is -6.38. The topological polar surface area (TPSA) is 16.4 Å². The number of nitrogens with zero attached hydrogens (tertiary/aromatic N) is 1. The summed E-state index contributed by atoms with van der Waals surface area (Å²) in [6.07, 6.45) is 0. The van der Waals surface area contributed by atoms with Crippen molar-refractivity contribution in [3.8, 4) is 33.4 Å². The van der Waals surface area contributed by atoms with Crippen LogP contribution in [0, 0.1) is 0 Å². The molecule has 2 heteroatoms. The van der Waals surface area contributed by atoms with Gasteiger partial charge in [-0.25, -0.2) is 0 Å². The first-order valence-electron chi connectivity index (χ1n) is 18.0. The zero-order chi connectivity index (χ0) is 35.3. The molecule has 8 aromatic carbocycles. The zero-order valence-corrected chi connectivity index (χ0v) is 25.9. The standard InChI is InChI=1S/C46H31NO/c1-3-12-32(13-4-1)33-22-24-34(25-23-33)35-26-29-38(30-27-35)47(37-15-5-2-6-16-37)43-20-10-9-18-40(43)41-19-11-21-44-45(41)42-31-28-36-14-7-8-17-39(36)46(42)48-44/h1-31H/i26D,27D,29D,30D. The lowest BCUT2D eigenvalue weighted by Gasteiger charge is -2.28. The molecule has 0 N–H and O–H groups in total. The van der Waals surface area contributed by atoms with Gasteiger partial charge in [-0.15, -0.1) is 0 Å². The van der Waals surface area contributed by atoms with Gasteiger partial charge in [0.2, 0.25) is 0 Å². The summed E-state index contributed by atoms with van der Waals surface area (Å²) in [7, 11) is 0. The average Bonchev–Trinajstić information content (AvgIpc) is 3.60. The Bertz CT molecular complexity index is 2750. The molecule has 48 heavy (non-hydrogen) atoms. The molecule has 0 radical (unpaired) electrons. The SMILES string of the molecule is [2H]c1c([2H])c(N(c2ccccc2)c2ccccc2-c2cccc3oc4c5ccccc5ccc4c23)c([2H])c([2H])c1-c1ccc(-c2ccccc2)cc1. The second-order valence-corrected chi connectivity index (χ2v) is 11.8. The highest BCUT2D eigenvalue weighted by atomic mass is 16.3. The molecule has 0 aliphatic heterocycles. The minimum Gasteiger partial charge on any atom is -0.455 e. The monoisotopic (exact) mass is 617 g/mol. The molecule has 0 fully saturated rings. The summed E-state index contributed by atoms with van der Waals surface area (Å²) in [6, 6.07) is 53.3. The van der Waals surface area contributed by atoms with Gasteiger partial charge in [-0.1, -0.05) is 146 Å². The summed E-state index contributed by atoms with van der Waals surface area (Å²) in [5.74, 6) is 0. The van der Waals surface area contributed by atoms with E-state index in [1.54, 1.807) is 0 Å². The molecule has 9 rings (SSSR count). The summed E-state index contributed by atoms with van der Waals surface area (Å²) in [4.78, 5) is 1.86. The maximum Gasteiger partial charge on any atom is 0.143 e. The van der Waals surface area contributed by atoms with E-state index in [0.29, 0.717) is 11.3 Å². The fraction of sp³-hybridized carbons (Fsp3) is 0. The van der Waals surface area contributed by atoms with Crippen LogP contribution in [0.2, 0.25) is 0 Å². The molecule has 226 valence electrons. The van der Waals surface area contributed by atoms with Gasteiger partial charge in [0.1, 0.15) is 11.2 Å². The summed E-state index contributed by atoms with van der Waals surface area (Å²) >= 11 is 0. The quantitative estimate of drug-likeness (QED) is 0.185. The van der Waals surface area contributed by atoms with Crippen LogP contribution in [0.1, 0.15) is 5.48 Å². The average molecular weight is 618 g/mol. The highest BCUT2D eigenvalue weighted by Crippen LogP contribution is 2.45. The van der Waals surface area contributed by atoms with Crippen molar-refractivity contribution >= 4 is 49.8 Å². The molecule has 0 aliphatic carbocycles. The van der Waals surface area contributed by atoms with Gasteiger partial charge in [-0.3, -0.25) is 0 Å². The van der Waals surface area contributed by atoms with Gasteiger partial charge in [0.15, 0.2) is 0 Å². The highest BCUT2D eigenvalue weighted by molar-refractivity contribution is 6.19. The summed E-state index contributed by atoms with van der Waals surface area (Å²) in [5, 5.41) is 4.11. The molecule has 1 aromatic heterocycles. The lowest BCUT2D eigenvalue weighted by molar-refractivity contribution is 0.673. The zero-order valence-electron chi connectivity index (χ0n) is 29.9. The first-order chi connectivity index (χ1) is 25.5. The Morgan fingerprint density at radius 3 is 1.83 bits per heavy atom. The second-order valence-electron chi connectivity index (χ2n) is 11.8. The first kappa shape index (κ1) is 23.9. The van der Waals surface area contributed by atoms with Gasteiger partial charge in [-0.05, 0) is 75.6 Å². The predicted octanol–water partition coefficient (Wildman–Crippen LogP) is 13.2. The van der Waals surface area contributed by atoms with E-state index in [1.165, 1.54) is 0 Å². The Morgan fingerprint density at radius 2 is 1.04 bits per heavy atom. The first-order valence-corrected chi connectivity index (χ1v) is 16.0. The molecule has 0 aliphatic rings. The van der Waals surface area contributed by atoms with Crippen LogP contribution >= 0.6 is 0 Å². The molecule has 2 nitrogen and oxygen atoms in total. The lowest BCUT2D eigenvalue weighted by atomic mass is 9.96. The van der Waals surface area contributed by atoms with Crippen LogP contribution in [-0.2, 0) is 0 Å². The molecule has 0 unspecified atom stereocenters. The lowest BCUT2D eigenvalue weighted by Crippen LogP contribution is -2.11. The molecule has 0 atom stereocenters. The third-order valence-corrected chi connectivity index (χ3v) is 8.95. The van der Waals surface area contributed by atoms with Crippen LogP contribution < -0.4 is 4.90 Å². The number of para-hydroxylation sites is 2. The van der Waals surface area contributed by atoms with Gasteiger partial charge in [0, 0.05) is 33.1 Å². The molecule has 1 heterocycles. The molecule has 9 aromatic rings. The van der Waals surface area contributed by atoms with Gasteiger partial charge in [-0.2, -0.15) is 0 Å². The van der Waals surface area contributed by atoms with E-state index in [9.17, 15) is 5.48 Å². The number of benzene rings is 8. The predicted molar refractivity (Wildman–Crippen MR) is 202 cm³/mol. The Labute approximate surface area is 285 Å². The van der Waals surface area contributed by atoms with Crippen LogP contribution in [-0.4, -0.2) is 0 Å². The van der Waals surface area contributed by atoms with Gasteiger partial charge < -0.3 is 9.32 Å². The van der Waals surface area contributed by atoms with E-state index in [-0.39, 0.29) is 35.4 Å². The fourth-order valence-electron chi connectivity index (χ4n) is 6.66. The van der Waals surface area contributed by atoms with Crippen molar-refractivity contribution in [3.05, 3.63) is 188 Å². The molecular formula is C46H31NO. The third kappa shape index (κ3) is 4.83. The number of furan rings is 1. The second kappa shape index (κ2) is 11.8. The van der Waals surface area contributed by atoms with E-state index in [4.69, 9.17) is 4.42 Å². The number of hydrogen-bond acceptors (Lipinski definition) is 2. The van der Waals surface area contributed by atoms with Crippen LogP contribution in [0.3, 0.4) is 0 Å². The van der Waals surface area contributed by atoms with E-state index >= 15 is 0 Å². The molecule has 0 amide bonds. The van der Waals surface area contributed by atoms with Crippen LogP contribution in [0.4, 0.5) is 17.1 Å². The van der Waals surface area contributed by atoms with Crippen molar-refractivity contribution in [1.29, 1.82) is 0 Å². The van der Waals surface area contributed by atoms with E-state index in [2.05, 4.69) is 30.3 Å². The van der Waals surface area contributed by atoms with Crippen molar-refractivity contribution in [3.63, 3.8) is 0 Å². The Balaban J connectivity index is 1.25. The largest absolute Gasteiger partial charge is 0.455 e. The smallest absolute Gasteiger partial charge is 0.143 e.